The van der Waals surface area contributed by atoms with Gasteiger partial charge in [-0.05, 0) is 25.1 Å². The fourth-order valence-corrected chi connectivity index (χ4v) is 3.39. The van der Waals surface area contributed by atoms with Crippen molar-refractivity contribution in [2.75, 3.05) is 32.9 Å². The minimum atomic E-state index is -0.362. The van der Waals surface area contributed by atoms with E-state index in [1.807, 2.05) is 31.2 Å². The van der Waals surface area contributed by atoms with E-state index in [2.05, 4.69) is 0 Å². The Morgan fingerprint density at radius 3 is 2.59 bits per heavy atom. The highest BCUT2D eigenvalue weighted by molar-refractivity contribution is 6.31. The molecule has 2 heterocycles. The van der Waals surface area contributed by atoms with E-state index in [1.54, 1.807) is 17.0 Å². The first-order valence-electron chi connectivity index (χ1n) is 9.34. The summed E-state index contributed by atoms with van der Waals surface area (Å²) in [4.78, 5) is 27.3. The number of aryl methyl sites for hydroxylation is 1. The molecule has 0 bridgehead atoms. The van der Waals surface area contributed by atoms with E-state index >= 15 is 0 Å². The molecule has 6 nitrogen and oxygen atoms in total. The molecular formula is C22H20ClNO5. The molecule has 1 fully saturated rings. The van der Waals surface area contributed by atoms with Crippen molar-refractivity contribution in [1.82, 2.24) is 4.90 Å². The number of benzene rings is 2. The van der Waals surface area contributed by atoms with Gasteiger partial charge in [-0.1, -0.05) is 41.4 Å². The standard InChI is InChI=1S/C22H20ClNO5/c1-14-2-4-15(5-3-14)21-22(28-13-19(25)24-8-10-27-11-9-24)20(26)17-12-16(23)6-7-18(17)29-21/h2-7,12H,8-11,13H2,1H3. The fourth-order valence-electron chi connectivity index (χ4n) is 3.21. The van der Waals surface area contributed by atoms with Gasteiger partial charge in [0.2, 0.25) is 11.2 Å². The summed E-state index contributed by atoms with van der Waals surface area (Å²) in [5.41, 5.74) is 1.81. The molecule has 1 aliphatic rings. The van der Waals surface area contributed by atoms with Crippen molar-refractivity contribution in [3.05, 3.63) is 63.3 Å². The lowest BCUT2D eigenvalue weighted by molar-refractivity contribution is -0.137. The molecule has 0 unspecified atom stereocenters. The molecule has 3 aromatic rings. The van der Waals surface area contributed by atoms with Gasteiger partial charge in [0.1, 0.15) is 5.58 Å². The van der Waals surface area contributed by atoms with Crippen LogP contribution in [0.5, 0.6) is 5.75 Å². The first-order valence-corrected chi connectivity index (χ1v) is 9.72. The van der Waals surface area contributed by atoms with Crippen molar-refractivity contribution in [2.45, 2.75) is 6.92 Å². The average Bonchev–Trinajstić information content (AvgIpc) is 2.74. The quantitative estimate of drug-likeness (QED) is 0.653. The summed E-state index contributed by atoms with van der Waals surface area (Å²) < 4.78 is 17.0. The summed E-state index contributed by atoms with van der Waals surface area (Å²) in [5, 5.41) is 0.727. The van der Waals surface area contributed by atoms with E-state index in [-0.39, 0.29) is 23.7 Å². The van der Waals surface area contributed by atoms with Gasteiger partial charge in [-0.25, -0.2) is 0 Å². The highest BCUT2D eigenvalue weighted by Crippen LogP contribution is 2.32. The molecule has 0 aliphatic carbocycles. The zero-order valence-corrected chi connectivity index (χ0v) is 16.7. The van der Waals surface area contributed by atoms with Crippen LogP contribution in [0.2, 0.25) is 5.02 Å². The zero-order chi connectivity index (χ0) is 20.4. The van der Waals surface area contributed by atoms with Gasteiger partial charge in [-0.15, -0.1) is 0 Å². The van der Waals surface area contributed by atoms with E-state index in [0.29, 0.717) is 53.6 Å². The van der Waals surface area contributed by atoms with E-state index in [1.165, 1.54) is 6.07 Å². The van der Waals surface area contributed by atoms with Crippen molar-refractivity contribution in [1.29, 1.82) is 0 Å². The topological polar surface area (TPSA) is 69.0 Å². The van der Waals surface area contributed by atoms with Crippen LogP contribution in [0.4, 0.5) is 0 Å². The molecule has 0 radical (unpaired) electrons. The lowest BCUT2D eigenvalue weighted by Crippen LogP contribution is -2.43. The Labute approximate surface area is 172 Å². The van der Waals surface area contributed by atoms with E-state index in [4.69, 9.17) is 25.5 Å². The van der Waals surface area contributed by atoms with Crippen molar-refractivity contribution < 1.29 is 18.7 Å². The summed E-state index contributed by atoms with van der Waals surface area (Å²) in [6, 6.07) is 12.4. The number of fused-ring (bicyclic) bond motifs is 1. The number of nitrogens with zero attached hydrogens (tertiary/aromatic N) is 1. The predicted molar refractivity (Wildman–Crippen MR) is 111 cm³/mol. The maximum absolute atomic E-state index is 13.1. The van der Waals surface area contributed by atoms with Gasteiger partial charge in [-0.3, -0.25) is 9.59 Å². The lowest BCUT2D eigenvalue weighted by atomic mass is 10.1. The molecule has 7 heteroatoms. The van der Waals surface area contributed by atoms with Gasteiger partial charge in [0.05, 0.1) is 18.6 Å². The van der Waals surface area contributed by atoms with Gasteiger partial charge in [-0.2, -0.15) is 0 Å². The Morgan fingerprint density at radius 1 is 1.14 bits per heavy atom. The minimum Gasteiger partial charge on any atom is -0.476 e. The number of morpholine rings is 1. The number of carbonyl (C=O) groups is 1. The molecule has 0 spiro atoms. The van der Waals surface area contributed by atoms with Crippen LogP contribution in [0.15, 0.2) is 51.7 Å². The van der Waals surface area contributed by atoms with Crippen LogP contribution < -0.4 is 10.2 Å². The fraction of sp³-hybridized carbons (Fsp3) is 0.273. The highest BCUT2D eigenvalue weighted by Gasteiger charge is 2.22. The predicted octanol–water partition coefficient (Wildman–Crippen LogP) is 3.66. The molecule has 1 saturated heterocycles. The second kappa shape index (κ2) is 8.27. The Morgan fingerprint density at radius 2 is 1.86 bits per heavy atom. The lowest BCUT2D eigenvalue weighted by Gasteiger charge is -2.26. The van der Waals surface area contributed by atoms with Crippen LogP contribution in [-0.2, 0) is 9.53 Å². The van der Waals surface area contributed by atoms with Gasteiger partial charge in [0.25, 0.3) is 5.91 Å². The van der Waals surface area contributed by atoms with Crippen LogP contribution in [-0.4, -0.2) is 43.7 Å². The van der Waals surface area contributed by atoms with E-state index < -0.39 is 0 Å². The van der Waals surface area contributed by atoms with Gasteiger partial charge in [0, 0.05) is 23.7 Å². The summed E-state index contributed by atoms with van der Waals surface area (Å²) in [5.74, 6) is 0.0959. The Balaban J connectivity index is 1.74. The van der Waals surface area contributed by atoms with Crippen LogP contribution in [0.3, 0.4) is 0 Å². The van der Waals surface area contributed by atoms with Crippen LogP contribution in [0, 0.1) is 6.92 Å². The third-order valence-corrected chi connectivity index (χ3v) is 5.06. The van der Waals surface area contributed by atoms with Crippen molar-refractivity contribution >= 4 is 28.5 Å². The summed E-state index contributed by atoms with van der Waals surface area (Å²) in [6.45, 7) is 3.73. The van der Waals surface area contributed by atoms with Crippen molar-refractivity contribution in [3.8, 4) is 17.1 Å². The third-order valence-electron chi connectivity index (χ3n) is 4.83. The average molecular weight is 414 g/mol. The maximum atomic E-state index is 13.1. The number of halogens is 1. The molecule has 4 rings (SSSR count). The smallest absolute Gasteiger partial charge is 0.260 e. The molecular weight excluding hydrogens is 394 g/mol. The minimum absolute atomic E-state index is 0.00484. The summed E-state index contributed by atoms with van der Waals surface area (Å²) in [7, 11) is 0. The number of rotatable bonds is 4. The zero-order valence-electron chi connectivity index (χ0n) is 15.9. The number of hydrogen-bond donors (Lipinski definition) is 0. The SMILES string of the molecule is Cc1ccc(-c2oc3ccc(Cl)cc3c(=O)c2OCC(=O)N2CCOCC2)cc1. The van der Waals surface area contributed by atoms with Crippen LogP contribution in [0.1, 0.15) is 5.56 Å². The second-order valence-electron chi connectivity index (χ2n) is 6.88. The van der Waals surface area contributed by atoms with Crippen molar-refractivity contribution in [3.63, 3.8) is 0 Å². The highest BCUT2D eigenvalue weighted by atomic mass is 35.5. The Kier molecular flexibility index (Phi) is 5.56. The number of carbonyl (C=O) groups excluding carboxylic acids is 1. The molecule has 29 heavy (non-hydrogen) atoms. The van der Waals surface area contributed by atoms with Crippen LogP contribution >= 0.6 is 11.6 Å². The first-order chi connectivity index (χ1) is 14.0. The summed E-state index contributed by atoms with van der Waals surface area (Å²) >= 11 is 6.05. The number of ether oxygens (including phenoxy) is 2. The molecule has 0 atom stereocenters. The molecule has 2 aromatic carbocycles. The molecule has 0 N–H and O–H groups in total. The molecule has 1 aromatic heterocycles. The van der Waals surface area contributed by atoms with Gasteiger partial charge in [0.15, 0.2) is 12.4 Å². The number of amides is 1. The first kappa shape index (κ1) is 19.5. The Bertz CT molecular complexity index is 1100. The van der Waals surface area contributed by atoms with Gasteiger partial charge < -0.3 is 18.8 Å². The van der Waals surface area contributed by atoms with Crippen molar-refractivity contribution in [2.24, 2.45) is 0 Å². The van der Waals surface area contributed by atoms with E-state index in [0.717, 1.165) is 5.56 Å². The number of hydrogen-bond acceptors (Lipinski definition) is 5. The normalized spacial score (nSPS) is 14.2. The van der Waals surface area contributed by atoms with E-state index in [9.17, 15) is 9.59 Å². The molecule has 1 aliphatic heterocycles. The molecule has 1 amide bonds. The monoisotopic (exact) mass is 413 g/mol. The molecule has 0 saturated carbocycles. The largest absolute Gasteiger partial charge is 0.476 e. The maximum Gasteiger partial charge on any atom is 0.260 e. The van der Waals surface area contributed by atoms with Gasteiger partial charge >= 0.3 is 0 Å². The third kappa shape index (κ3) is 4.13. The Hall–Kier alpha value is -2.83. The summed E-state index contributed by atoms with van der Waals surface area (Å²) in [6.07, 6.45) is 0. The second-order valence-corrected chi connectivity index (χ2v) is 7.31. The molecule has 150 valence electrons. The van der Waals surface area contributed by atoms with Crippen LogP contribution in [0.25, 0.3) is 22.3 Å².